The van der Waals surface area contributed by atoms with Gasteiger partial charge in [-0.3, -0.25) is 0 Å². The monoisotopic (exact) mass is 368 g/mol. The molecule has 0 saturated carbocycles. The van der Waals surface area contributed by atoms with Crippen LogP contribution in [0.3, 0.4) is 0 Å². The molecule has 1 atom stereocenters. The van der Waals surface area contributed by atoms with E-state index in [0.29, 0.717) is 24.8 Å². The van der Waals surface area contributed by atoms with Gasteiger partial charge in [-0.15, -0.1) is 0 Å². The fourth-order valence-electron chi connectivity index (χ4n) is 2.59. The van der Waals surface area contributed by atoms with E-state index in [0.717, 1.165) is 17.0 Å². The van der Waals surface area contributed by atoms with Crippen molar-refractivity contribution in [2.24, 2.45) is 0 Å². The van der Waals surface area contributed by atoms with Gasteiger partial charge in [0.05, 0.1) is 0 Å². The molecule has 0 aliphatic rings. The molecule has 3 aromatic rings. The van der Waals surface area contributed by atoms with Crippen molar-refractivity contribution in [3.63, 3.8) is 0 Å². The van der Waals surface area contributed by atoms with Crippen LogP contribution in [-0.2, 0) is 6.54 Å². The van der Waals surface area contributed by atoms with Gasteiger partial charge in [0.2, 0.25) is 11.7 Å². The molecule has 0 aliphatic heterocycles. The van der Waals surface area contributed by atoms with Gasteiger partial charge in [-0.1, -0.05) is 35.0 Å². The first-order chi connectivity index (χ1) is 12.9. The van der Waals surface area contributed by atoms with E-state index in [2.05, 4.69) is 20.4 Å². The highest BCUT2D eigenvalue weighted by Crippen LogP contribution is 2.19. The quantitative estimate of drug-likeness (QED) is 0.722. The molecular formula is C19H24N6O2. The fraction of sp³-hybridized carbons (Fsp3) is 0.368. The number of carbonyl (C=O) groups excluding carboxylic acids is 1. The Morgan fingerprint density at radius 3 is 2.70 bits per heavy atom. The first-order valence-corrected chi connectivity index (χ1v) is 8.84. The summed E-state index contributed by atoms with van der Waals surface area (Å²) in [5, 5.41) is 6.89. The Morgan fingerprint density at radius 1 is 1.30 bits per heavy atom. The van der Waals surface area contributed by atoms with Crippen LogP contribution in [0.2, 0.25) is 0 Å². The average Bonchev–Trinajstić information content (AvgIpc) is 3.29. The molecular weight excluding hydrogens is 344 g/mol. The summed E-state index contributed by atoms with van der Waals surface area (Å²) in [4.78, 5) is 22.6. The third kappa shape index (κ3) is 4.52. The molecule has 2 heterocycles. The van der Waals surface area contributed by atoms with Crippen LogP contribution in [0, 0.1) is 13.8 Å². The van der Waals surface area contributed by atoms with Crippen molar-refractivity contribution in [3.8, 4) is 11.4 Å². The predicted molar refractivity (Wildman–Crippen MR) is 101 cm³/mol. The van der Waals surface area contributed by atoms with Crippen LogP contribution in [0.4, 0.5) is 4.79 Å². The second-order valence-electron chi connectivity index (χ2n) is 6.58. The van der Waals surface area contributed by atoms with Crippen molar-refractivity contribution in [3.05, 3.63) is 53.9 Å². The van der Waals surface area contributed by atoms with Gasteiger partial charge in [-0.2, -0.15) is 4.98 Å². The number of aryl methyl sites for hydroxylation is 2. The van der Waals surface area contributed by atoms with E-state index < -0.39 is 0 Å². The minimum absolute atomic E-state index is 0.199. The van der Waals surface area contributed by atoms with Crippen molar-refractivity contribution >= 4 is 6.03 Å². The van der Waals surface area contributed by atoms with Gasteiger partial charge in [0, 0.05) is 38.1 Å². The largest absolute Gasteiger partial charge is 0.337 e. The van der Waals surface area contributed by atoms with Crippen molar-refractivity contribution in [2.75, 3.05) is 13.6 Å². The van der Waals surface area contributed by atoms with Crippen molar-refractivity contribution in [1.82, 2.24) is 29.9 Å². The van der Waals surface area contributed by atoms with E-state index in [1.165, 1.54) is 0 Å². The first kappa shape index (κ1) is 18.6. The smallest absolute Gasteiger partial charge is 0.317 e. The van der Waals surface area contributed by atoms with Crippen LogP contribution in [0.5, 0.6) is 0 Å². The lowest BCUT2D eigenvalue weighted by molar-refractivity contribution is 0.200. The van der Waals surface area contributed by atoms with Crippen LogP contribution >= 0.6 is 0 Å². The zero-order valence-electron chi connectivity index (χ0n) is 16.0. The molecule has 0 saturated heterocycles. The van der Waals surface area contributed by atoms with Crippen molar-refractivity contribution in [1.29, 1.82) is 0 Å². The van der Waals surface area contributed by atoms with Crippen LogP contribution in [0.25, 0.3) is 11.4 Å². The maximum atomic E-state index is 12.4. The van der Waals surface area contributed by atoms with E-state index in [1.54, 1.807) is 18.1 Å². The van der Waals surface area contributed by atoms with E-state index >= 15 is 0 Å². The standard InChI is InChI=1S/C19H24N6O2/c1-13-5-7-16(8-6-13)17-22-18(27-23-17)14(2)21-19(26)24(4)11-12-25-10-9-20-15(25)3/h5-10,14H,11-12H2,1-4H3,(H,21,26). The third-order valence-electron chi connectivity index (χ3n) is 4.41. The first-order valence-electron chi connectivity index (χ1n) is 8.84. The van der Waals surface area contributed by atoms with Gasteiger partial charge in [0.25, 0.3) is 0 Å². The number of hydrogen-bond acceptors (Lipinski definition) is 5. The second kappa shape index (κ2) is 8.03. The maximum absolute atomic E-state index is 12.4. The number of nitrogens with one attached hydrogen (secondary N) is 1. The summed E-state index contributed by atoms with van der Waals surface area (Å²) >= 11 is 0. The number of carbonyl (C=O) groups is 1. The molecule has 2 aromatic heterocycles. The number of hydrogen-bond donors (Lipinski definition) is 1. The minimum Gasteiger partial charge on any atom is -0.337 e. The molecule has 0 spiro atoms. The van der Waals surface area contributed by atoms with Crippen LogP contribution in [0.1, 0.15) is 30.2 Å². The molecule has 27 heavy (non-hydrogen) atoms. The van der Waals surface area contributed by atoms with Gasteiger partial charge in [0.15, 0.2) is 0 Å². The Kier molecular flexibility index (Phi) is 5.54. The Labute approximate surface area is 158 Å². The zero-order valence-corrected chi connectivity index (χ0v) is 16.0. The summed E-state index contributed by atoms with van der Waals surface area (Å²) in [5.74, 6) is 1.81. The fourth-order valence-corrected chi connectivity index (χ4v) is 2.59. The second-order valence-corrected chi connectivity index (χ2v) is 6.58. The normalized spacial score (nSPS) is 12.0. The molecule has 8 heteroatoms. The average molecular weight is 368 g/mol. The lowest BCUT2D eigenvalue weighted by atomic mass is 10.1. The van der Waals surface area contributed by atoms with E-state index in [-0.39, 0.29) is 12.1 Å². The molecule has 2 amide bonds. The van der Waals surface area contributed by atoms with Gasteiger partial charge in [-0.25, -0.2) is 9.78 Å². The number of amides is 2. The lowest BCUT2D eigenvalue weighted by Gasteiger charge is -2.20. The number of urea groups is 1. The van der Waals surface area contributed by atoms with Crippen LogP contribution in [0.15, 0.2) is 41.2 Å². The van der Waals surface area contributed by atoms with Gasteiger partial charge in [0.1, 0.15) is 11.9 Å². The van der Waals surface area contributed by atoms with E-state index in [9.17, 15) is 4.79 Å². The molecule has 3 rings (SSSR count). The lowest BCUT2D eigenvalue weighted by Crippen LogP contribution is -2.40. The number of rotatable bonds is 6. The van der Waals surface area contributed by atoms with Crippen molar-refractivity contribution < 1.29 is 9.32 Å². The van der Waals surface area contributed by atoms with Gasteiger partial charge >= 0.3 is 6.03 Å². The molecule has 0 fully saturated rings. The number of benzene rings is 1. The molecule has 1 unspecified atom stereocenters. The third-order valence-corrected chi connectivity index (χ3v) is 4.41. The van der Waals surface area contributed by atoms with Gasteiger partial charge < -0.3 is 19.3 Å². The molecule has 0 radical (unpaired) electrons. The van der Waals surface area contributed by atoms with Gasteiger partial charge in [-0.05, 0) is 20.8 Å². The highest BCUT2D eigenvalue weighted by atomic mass is 16.5. The molecule has 0 aliphatic carbocycles. The number of aromatic nitrogens is 4. The molecule has 1 aromatic carbocycles. The zero-order chi connectivity index (χ0) is 19.4. The summed E-state index contributed by atoms with van der Waals surface area (Å²) in [5.41, 5.74) is 2.04. The maximum Gasteiger partial charge on any atom is 0.317 e. The van der Waals surface area contributed by atoms with Crippen LogP contribution < -0.4 is 5.32 Å². The highest BCUT2D eigenvalue weighted by Gasteiger charge is 2.19. The Hall–Kier alpha value is -3.16. The summed E-state index contributed by atoms with van der Waals surface area (Å²) < 4.78 is 7.32. The predicted octanol–water partition coefficient (Wildman–Crippen LogP) is 2.95. The van der Waals surface area contributed by atoms with E-state index in [1.807, 2.05) is 55.8 Å². The SMILES string of the molecule is Cc1ccc(-c2noc(C(C)NC(=O)N(C)CCn3ccnc3C)n2)cc1. The van der Waals surface area contributed by atoms with Crippen LogP contribution in [-0.4, -0.2) is 44.2 Å². The molecule has 0 bridgehead atoms. The number of likely N-dealkylation sites (N-methyl/N-ethyl adjacent to an activating group) is 1. The Bertz CT molecular complexity index is 899. The summed E-state index contributed by atoms with van der Waals surface area (Å²) in [7, 11) is 1.75. The molecule has 1 N–H and O–H groups in total. The summed E-state index contributed by atoms with van der Waals surface area (Å²) in [6, 6.07) is 7.29. The Morgan fingerprint density at radius 2 is 2.04 bits per heavy atom. The summed E-state index contributed by atoms with van der Waals surface area (Å²) in [6.45, 7) is 7.02. The topological polar surface area (TPSA) is 89.1 Å². The summed E-state index contributed by atoms with van der Waals surface area (Å²) in [6.07, 6.45) is 3.65. The van der Waals surface area contributed by atoms with E-state index in [4.69, 9.17) is 4.52 Å². The minimum atomic E-state index is -0.387. The molecule has 8 nitrogen and oxygen atoms in total. The highest BCUT2D eigenvalue weighted by molar-refractivity contribution is 5.74. The van der Waals surface area contributed by atoms with Crippen molar-refractivity contribution in [2.45, 2.75) is 33.4 Å². The number of imidazole rings is 1. The Balaban J connectivity index is 1.56. The molecule has 142 valence electrons. The number of nitrogens with zero attached hydrogens (tertiary/aromatic N) is 5.